The monoisotopic (exact) mass is 350 g/mol. The summed E-state index contributed by atoms with van der Waals surface area (Å²) in [7, 11) is 0. The molecular weight excluding hydrogens is 339 g/mol. The van der Waals surface area contributed by atoms with E-state index in [9.17, 15) is 4.39 Å². The average Bonchev–Trinajstić information content (AvgIpc) is 2.21. The van der Waals surface area contributed by atoms with Crippen LogP contribution in [-0.2, 0) is 0 Å². The Labute approximate surface area is 112 Å². The lowest BCUT2D eigenvalue weighted by Crippen LogP contribution is -2.53. The molecule has 1 aliphatic carbocycles. The number of ether oxygens (including phenoxy) is 1. The lowest BCUT2D eigenvalue weighted by Gasteiger charge is -2.48. The minimum absolute atomic E-state index is 0.119. The van der Waals surface area contributed by atoms with Gasteiger partial charge in [-0.1, -0.05) is 29.8 Å². The topological polar surface area (TPSA) is 9.23 Å². The number of hydrogen-bond donors (Lipinski definition) is 0. The smallest absolute Gasteiger partial charge is 0.134 e. The van der Waals surface area contributed by atoms with Crippen LogP contribution < -0.4 is 4.74 Å². The Kier molecular flexibility index (Phi) is 3.32. The zero-order chi connectivity index (χ0) is 11.9. The van der Waals surface area contributed by atoms with E-state index < -0.39 is 0 Å². The van der Waals surface area contributed by atoms with Gasteiger partial charge in [0.15, 0.2) is 0 Å². The van der Waals surface area contributed by atoms with Gasteiger partial charge >= 0.3 is 0 Å². The second-order valence-electron chi connectivity index (χ2n) is 4.71. The minimum atomic E-state index is -0.259. The first kappa shape index (κ1) is 12.4. The average molecular weight is 352 g/mol. The third-order valence-electron chi connectivity index (χ3n) is 3.22. The van der Waals surface area contributed by atoms with Gasteiger partial charge < -0.3 is 4.74 Å². The Morgan fingerprint density at radius 2 is 2.12 bits per heavy atom. The number of halogens is 3. The summed E-state index contributed by atoms with van der Waals surface area (Å²) >= 11 is 6.92. The van der Waals surface area contributed by atoms with Crippen LogP contribution in [-0.4, -0.2) is 10.9 Å². The van der Waals surface area contributed by atoms with Crippen molar-refractivity contribution >= 4 is 31.9 Å². The molecule has 1 saturated carbocycles. The maximum Gasteiger partial charge on any atom is 0.134 e. The molecular formula is C12H13Br2FO. The molecule has 1 nitrogen and oxygen atoms in total. The van der Waals surface area contributed by atoms with Crippen LogP contribution in [0, 0.1) is 11.2 Å². The van der Waals surface area contributed by atoms with Crippen LogP contribution in [0.3, 0.4) is 0 Å². The summed E-state index contributed by atoms with van der Waals surface area (Å²) in [6.45, 7) is 4.33. The molecule has 1 fully saturated rings. The number of benzene rings is 1. The maximum atomic E-state index is 12.9. The van der Waals surface area contributed by atoms with Gasteiger partial charge in [0.25, 0.3) is 0 Å². The molecule has 0 spiro atoms. The molecule has 1 aliphatic rings. The fraction of sp³-hybridized carbons (Fsp3) is 0.500. The highest BCUT2D eigenvalue weighted by atomic mass is 79.9. The SMILES string of the molecule is CC1(C)C(Br)CC1Oc1ccc(F)cc1Br. The van der Waals surface area contributed by atoms with Crippen LogP contribution in [0.25, 0.3) is 0 Å². The van der Waals surface area contributed by atoms with Crippen LogP contribution in [0.2, 0.25) is 0 Å². The standard InChI is InChI=1S/C12H13Br2FO/c1-12(2)10(14)6-11(12)16-9-4-3-7(15)5-8(9)13/h3-5,10-11H,6H2,1-2H3. The number of alkyl halides is 1. The molecule has 4 heteroatoms. The molecule has 0 heterocycles. The zero-order valence-corrected chi connectivity index (χ0v) is 12.3. The van der Waals surface area contributed by atoms with Gasteiger partial charge in [-0.3, -0.25) is 0 Å². The van der Waals surface area contributed by atoms with E-state index >= 15 is 0 Å². The van der Waals surface area contributed by atoms with E-state index in [1.54, 1.807) is 6.07 Å². The molecule has 2 atom stereocenters. The Morgan fingerprint density at radius 3 is 2.62 bits per heavy atom. The Morgan fingerprint density at radius 1 is 1.44 bits per heavy atom. The summed E-state index contributed by atoms with van der Waals surface area (Å²) in [4.78, 5) is 0.490. The van der Waals surface area contributed by atoms with Crippen molar-refractivity contribution in [3.05, 3.63) is 28.5 Å². The molecule has 0 radical (unpaired) electrons. The summed E-state index contributed by atoms with van der Waals surface area (Å²) in [5, 5.41) is 0. The summed E-state index contributed by atoms with van der Waals surface area (Å²) in [6, 6.07) is 4.50. The van der Waals surface area contributed by atoms with Crippen molar-refractivity contribution in [2.75, 3.05) is 0 Å². The van der Waals surface area contributed by atoms with Crippen molar-refractivity contribution in [3.63, 3.8) is 0 Å². The predicted molar refractivity (Wildman–Crippen MR) is 69.6 cm³/mol. The van der Waals surface area contributed by atoms with Crippen LogP contribution in [0.1, 0.15) is 20.3 Å². The summed E-state index contributed by atoms with van der Waals surface area (Å²) < 4.78 is 19.4. The van der Waals surface area contributed by atoms with E-state index in [0.29, 0.717) is 15.0 Å². The largest absolute Gasteiger partial charge is 0.489 e. The van der Waals surface area contributed by atoms with Gasteiger partial charge in [-0.25, -0.2) is 4.39 Å². The molecule has 0 aliphatic heterocycles. The molecule has 0 amide bonds. The minimum Gasteiger partial charge on any atom is -0.489 e. The summed E-state index contributed by atoms with van der Waals surface area (Å²) in [6.07, 6.45) is 1.16. The maximum absolute atomic E-state index is 12.9. The van der Waals surface area contributed by atoms with Crippen LogP contribution in [0.5, 0.6) is 5.75 Å². The fourth-order valence-corrected chi connectivity index (χ4v) is 2.84. The quantitative estimate of drug-likeness (QED) is 0.711. The third kappa shape index (κ3) is 2.14. The second kappa shape index (κ2) is 4.30. The molecule has 0 N–H and O–H groups in total. The van der Waals surface area contributed by atoms with E-state index in [1.165, 1.54) is 12.1 Å². The van der Waals surface area contributed by atoms with Crippen LogP contribution in [0.15, 0.2) is 22.7 Å². The molecule has 88 valence electrons. The molecule has 2 unspecified atom stereocenters. The van der Waals surface area contributed by atoms with Crippen molar-refractivity contribution in [2.24, 2.45) is 5.41 Å². The van der Waals surface area contributed by atoms with Crippen molar-refractivity contribution in [3.8, 4) is 5.75 Å². The van der Waals surface area contributed by atoms with Gasteiger partial charge in [-0.05, 0) is 40.5 Å². The number of hydrogen-bond acceptors (Lipinski definition) is 1. The summed E-state index contributed by atoms with van der Waals surface area (Å²) in [5.74, 6) is 0.448. The Balaban J connectivity index is 2.11. The molecule has 0 aromatic heterocycles. The van der Waals surface area contributed by atoms with E-state index in [1.807, 2.05) is 0 Å². The highest BCUT2D eigenvalue weighted by molar-refractivity contribution is 9.10. The Hall–Kier alpha value is -0.0900. The van der Waals surface area contributed by atoms with Gasteiger partial charge in [0.1, 0.15) is 17.7 Å². The van der Waals surface area contributed by atoms with Crippen LogP contribution >= 0.6 is 31.9 Å². The van der Waals surface area contributed by atoms with Gasteiger partial charge in [-0.2, -0.15) is 0 Å². The molecule has 1 aromatic rings. The number of rotatable bonds is 2. The van der Waals surface area contributed by atoms with Crippen molar-refractivity contribution in [1.29, 1.82) is 0 Å². The molecule has 1 aromatic carbocycles. The van der Waals surface area contributed by atoms with E-state index in [0.717, 1.165) is 6.42 Å². The second-order valence-corrected chi connectivity index (χ2v) is 6.67. The van der Waals surface area contributed by atoms with Crippen molar-refractivity contribution < 1.29 is 9.13 Å². The van der Waals surface area contributed by atoms with Crippen molar-refractivity contribution in [1.82, 2.24) is 0 Å². The normalized spacial score (nSPS) is 27.3. The first-order valence-corrected chi connectivity index (χ1v) is 6.88. The van der Waals surface area contributed by atoms with Gasteiger partial charge in [0.2, 0.25) is 0 Å². The molecule has 16 heavy (non-hydrogen) atoms. The van der Waals surface area contributed by atoms with Gasteiger partial charge in [0, 0.05) is 10.2 Å². The van der Waals surface area contributed by atoms with Gasteiger partial charge in [-0.15, -0.1) is 0 Å². The first-order chi connectivity index (χ1) is 7.41. The van der Waals surface area contributed by atoms with E-state index in [4.69, 9.17) is 4.74 Å². The van der Waals surface area contributed by atoms with Crippen molar-refractivity contribution in [2.45, 2.75) is 31.2 Å². The van der Waals surface area contributed by atoms with Crippen LogP contribution in [0.4, 0.5) is 4.39 Å². The third-order valence-corrected chi connectivity index (χ3v) is 5.39. The molecule has 0 saturated heterocycles. The lowest BCUT2D eigenvalue weighted by molar-refractivity contribution is -0.00833. The van der Waals surface area contributed by atoms with E-state index in [-0.39, 0.29) is 17.3 Å². The van der Waals surface area contributed by atoms with E-state index in [2.05, 4.69) is 45.7 Å². The summed E-state index contributed by atoms with van der Waals surface area (Å²) in [5.41, 5.74) is 0.119. The molecule has 0 bridgehead atoms. The Bertz CT molecular complexity index is 406. The predicted octanol–water partition coefficient (Wildman–Crippen LogP) is 4.53. The highest BCUT2D eigenvalue weighted by Gasteiger charge is 2.48. The lowest BCUT2D eigenvalue weighted by atomic mass is 9.69. The fourth-order valence-electron chi connectivity index (χ4n) is 1.76. The zero-order valence-electron chi connectivity index (χ0n) is 9.14. The molecule has 2 rings (SSSR count). The first-order valence-electron chi connectivity index (χ1n) is 5.17. The highest BCUT2D eigenvalue weighted by Crippen LogP contribution is 2.48. The van der Waals surface area contributed by atoms with Gasteiger partial charge in [0.05, 0.1) is 4.47 Å².